The average Bonchev–Trinajstić information content (AvgIpc) is 2.80. The van der Waals surface area contributed by atoms with E-state index >= 15 is 0 Å². The summed E-state index contributed by atoms with van der Waals surface area (Å²) in [5, 5.41) is 5.94. The lowest BCUT2D eigenvalue weighted by Gasteiger charge is -2.39. The Morgan fingerprint density at radius 3 is 2.43 bits per heavy atom. The molecule has 0 aromatic heterocycles. The van der Waals surface area contributed by atoms with E-state index in [9.17, 15) is 9.59 Å². The van der Waals surface area contributed by atoms with E-state index in [-0.39, 0.29) is 23.9 Å². The van der Waals surface area contributed by atoms with E-state index < -0.39 is 0 Å². The third kappa shape index (κ3) is 5.53. The maximum absolute atomic E-state index is 12.8. The van der Waals surface area contributed by atoms with Crippen LogP contribution >= 0.6 is 0 Å². The first-order chi connectivity index (χ1) is 14.6. The number of ether oxygens (including phenoxy) is 1. The number of nitrogens with zero attached hydrogens (tertiary/aromatic N) is 1. The van der Waals surface area contributed by atoms with Crippen LogP contribution in [0.5, 0.6) is 5.75 Å². The van der Waals surface area contributed by atoms with Crippen LogP contribution in [0.4, 0.5) is 4.79 Å². The number of benzene rings is 2. The Kier molecular flexibility index (Phi) is 7.71. The summed E-state index contributed by atoms with van der Waals surface area (Å²) in [6.45, 7) is 3.48. The Morgan fingerprint density at radius 2 is 1.77 bits per heavy atom. The van der Waals surface area contributed by atoms with E-state index in [4.69, 9.17) is 4.74 Å². The molecule has 2 aromatic carbocycles. The second-order valence-electron chi connectivity index (χ2n) is 7.58. The molecule has 0 radical (unpaired) electrons. The zero-order chi connectivity index (χ0) is 21.3. The van der Waals surface area contributed by atoms with Crippen LogP contribution < -0.4 is 15.4 Å². The fourth-order valence-corrected chi connectivity index (χ4v) is 3.95. The van der Waals surface area contributed by atoms with Gasteiger partial charge in [-0.1, -0.05) is 42.5 Å². The van der Waals surface area contributed by atoms with Gasteiger partial charge in [-0.25, -0.2) is 4.79 Å². The van der Waals surface area contributed by atoms with Crippen molar-refractivity contribution in [3.8, 4) is 5.75 Å². The van der Waals surface area contributed by atoms with Crippen LogP contribution in [-0.4, -0.2) is 43.6 Å². The quantitative estimate of drug-likeness (QED) is 0.735. The molecule has 1 heterocycles. The Bertz CT molecular complexity index is 823. The third-order valence-corrected chi connectivity index (χ3v) is 5.60. The number of carbonyl (C=O) groups excluding carboxylic acids is 2. The van der Waals surface area contributed by atoms with Gasteiger partial charge in [0.05, 0.1) is 19.1 Å². The lowest BCUT2D eigenvalue weighted by atomic mass is 9.88. The molecule has 0 spiro atoms. The second kappa shape index (κ2) is 10.7. The topological polar surface area (TPSA) is 70.7 Å². The molecule has 6 nitrogen and oxygen atoms in total. The highest BCUT2D eigenvalue weighted by molar-refractivity contribution is 5.81. The van der Waals surface area contributed by atoms with Crippen molar-refractivity contribution >= 4 is 11.9 Å². The van der Waals surface area contributed by atoms with Crippen molar-refractivity contribution in [2.24, 2.45) is 5.92 Å². The minimum Gasteiger partial charge on any atom is -0.497 e. The van der Waals surface area contributed by atoms with Crippen LogP contribution in [0.15, 0.2) is 54.6 Å². The number of hydrogen-bond donors (Lipinski definition) is 2. The first-order valence-electron chi connectivity index (χ1n) is 10.6. The Hall–Kier alpha value is -3.02. The molecular weight excluding hydrogens is 378 g/mol. The summed E-state index contributed by atoms with van der Waals surface area (Å²) >= 11 is 0. The summed E-state index contributed by atoms with van der Waals surface area (Å²) in [5.41, 5.74) is 2.26. The first-order valence-corrected chi connectivity index (χ1v) is 10.6. The van der Waals surface area contributed by atoms with Crippen LogP contribution in [0.2, 0.25) is 0 Å². The fourth-order valence-electron chi connectivity index (χ4n) is 3.95. The zero-order valence-corrected chi connectivity index (χ0v) is 17.8. The van der Waals surface area contributed by atoms with E-state index in [1.54, 1.807) is 7.11 Å². The van der Waals surface area contributed by atoms with Crippen molar-refractivity contribution in [2.45, 2.75) is 32.2 Å². The summed E-state index contributed by atoms with van der Waals surface area (Å²) in [4.78, 5) is 27.3. The Labute approximate surface area is 178 Å². The van der Waals surface area contributed by atoms with Crippen LogP contribution in [0.25, 0.3) is 0 Å². The van der Waals surface area contributed by atoms with Crippen molar-refractivity contribution in [2.75, 3.05) is 26.7 Å². The SMILES string of the molecule is CCNC(=O)N1CC(C(=O)NCCc2ccc(OC)cc2)CCC1c1ccccc1. The fraction of sp³-hybridized carbons (Fsp3) is 0.417. The maximum atomic E-state index is 12.8. The number of amides is 3. The van der Waals surface area contributed by atoms with E-state index in [0.29, 0.717) is 19.6 Å². The number of likely N-dealkylation sites (tertiary alicyclic amines) is 1. The minimum atomic E-state index is -0.191. The molecule has 3 amide bonds. The van der Waals surface area contributed by atoms with Crippen LogP contribution in [0.1, 0.15) is 36.9 Å². The predicted molar refractivity (Wildman–Crippen MR) is 117 cm³/mol. The minimum absolute atomic E-state index is 0.00102. The molecule has 2 unspecified atom stereocenters. The van der Waals surface area contributed by atoms with E-state index in [1.807, 2.05) is 66.4 Å². The number of methoxy groups -OCH3 is 1. The third-order valence-electron chi connectivity index (χ3n) is 5.60. The van der Waals surface area contributed by atoms with Gasteiger partial charge in [0.15, 0.2) is 0 Å². The smallest absolute Gasteiger partial charge is 0.317 e. The van der Waals surface area contributed by atoms with Crippen molar-refractivity contribution in [3.05, 3.63) is 65.7 Å². The van der Waals surface area contributed by atoms with Crippen molar-refractivity contribution in [3.63, 3.8) is 0 Å². The molecule has 3 rings (SSSR count). The molecule has 1 aliphatic rings. The predicted octanol–water partition coefficient (Wildman–Crippen LogP) is 3.54. The summed E-state index contributed by atoms with van der Waals surface area (Å²) in [6.07, 6.45) is 2.30. The summed E-state index contributed by atoms with van der Waals surface area (Å²) < 4.78 is 5.17. The highest BCUT2D eigenvalue weighted by atomic mass is 16.5. The van der Waals surface area contributed by atoms with Crippen molar-refractivity contribution in [1.29, 1.82) is 0 Å². The number of urea groups is 1. The number of carbonyl (C=O) groups is 2. The molecule has 0 aliphatic carbocycles. The normalized spacial score (nSPS) is 18.5. The van der Waals surface area contributed by atoms with Gasteiger partial charge in [0.1, 0.15) is 5.75 Å². The highest BCUT2D eigenvalue weighted by Crippen LogP contribution is 2.33. The van der Waals surface area contributed by atoms with E-state index in [0.717, 1.165) is 36.1 Å². The molecule has 160 valence electrons. The first kappa shape index (κ1) is 21.7. The molecule has 0 bridgehead atoms. The van der Waals surface area contributed by atoms with Gasteiger partial charge >= 0.3 is 6.03 Å². The van der Waals surface area contributed by atoms with Crippen LogP contribution in [-0.2, 0) is 11.2 Å². The largest absolute Gasteiger partial charge is 0.497 e. The second-order valence-corrected chi connectivity index (χ2v) is 7.58. The molecule has 0 saturated carbocycles. The highest BCUT2D eigenvalue weighted by Gasteiger charge is 2.35. The molecule has 1 fully saturated rings. The molecule has 1 saturated heterocycles. The van der Waals surface area contributed by atoms with Gasteiger partial charge in [-0.2, -0.15) is 0 Å². The van der Waals surface area contributed by atoms with E-state index in [2.05, 4.69) is 10.6 Å². The number of rotatable bonds is 7. The van der Waals surface area contributed by atoms with Crippen molar-refractivity contribution < 1.29 is 14.3 Å². The standard InChI is InChI=1S/C24H31N3O3/c1-3-25-24(29)27-17-20(11-14-22(27)19-7-5-4-6-8-19)23(28)26-16-15-18-9-12-21(30-2)13-10-18/h4-10,12-13,20,22H,3,11,14-17H2,1-2H3,(H,25,29)(H,26,28). The molecule has 2 N–H and O–H groups in total. The van der Waals surface area contributed by atoms with Gasteiger partial charge in [0.25, 0.3) is 0 Å². The monoisotopic (exact) mass is 409 g/mol. The molecule has 2 aromatic rings. The molecule has 30 heavy (non-hydrogen) atoms. The number of hydrogen-bond acceptors (Lipinski definition) is 3. The lowest BCUT2D eigenvalue weighted by Crippen LogP contribution is -2.50. The van der Waals surface area contributed by atoms with Gasteiger partial charge in [0, 0.05) is 19.6 Å². The van der Waals surface area contributed by atoms with Gasteiger partial charge in [-0.3, -0.25) is 4.79 Å². The summed E-state index contributed by atoms with van der Waals surface area (Å²) in [7, 11) is 1.64. The number of nitrogens with one attached hydrogen (secondary N) is 2. The molecule has 1 aliphatic heterocycles. The molecular formula is C24H31N3O3. The molecule has 6 heteroatoms. The Balaban J connectivity index is 1.57. The van der Waals surface area contributed by atoms with Gasteiger partial charge < -0.3 is 20.3 Å². The lowest BCUT2D eigenvalue weighted by molar-refractivity contribution is -0.126. The zero-order valence-electron chi connectivity index (χ0n) is 17.8. The number of piperidine rings is 1. The van der Waals surface area contributed by atoms with Crippen LogP contribution in [0, 0.1) is 5.92 Å². The summed E-state index contributed by atoms with van der Waals surface area (Å²) in [5.74, 6) is 0.649. The van der Waals surface area contributed by atoms with Gasteiger partial charge in [-0.15, -0.1) is 0 Å². The summed E-state index contributed by atoms with van der Waals surface area (Å²) in [6, 6.07) is 17.8. The Morgan fingerprint density at radius 1 is 1.03 bits per heavy atom. The maximum Gasteiger partial charge on any atom is 0.317 e. The van der Waals surface area contributed by atoms with Gasteiger partial charge in [-0.05, 0) is 49.4 Å². The van der Waals surface area contributed by atoms with E-state index in [1.165, 1.54) is 0 Å². The molecule has 2 atom stereocenters. The van der Waals surface area contributed by atoms with Gasteiger partial charge in [0.2, 0.25) is 5.91 Å². The van der Waals surface area contributed by atoms with Crippen molar-refractivity contribution in [1.82, 2.24) is 15.5 Å². The van der Waals surface area contributed by atoms with Crippen LogP contribution in [0.3, 0.4) is 0 Å². The average molecular weight is 410 g/mol.